The van der Waals surface area contributed by atoms with Gasteiger partial charge in [-0.3, -0.25) is 0 Å². The molecule has 0 heterocycles. The van der Waals surface area contributed by atoms with Gasteiger partial charge in [-0.05, 0) is 67.2 Å². The molecule has 102 valence electrons. The van der Waals surface area contributed by atoms with Gasteiger partial charge in [-0.1, -0.05) is 0 Å². The number of ether oxygens (including phenoxy) is 2. The van der Waals surface area contributed by atoms with Crippen LogP contribution in [0.5, 0.6) is 11.5 Å². The normalized spacial score (nSPS) is 12.3. The van der Waals surface area contributed by atoms with E-state index in [2.05, 4.69) is 22.0 Å². The third kappa shape index (κ3) is 4.50. The lowest BCUT2D eigenvalue weighted by atomic mass is 10.1. The van der Waals surface area contributed by atoms with Crippen LogP contribution in [0.2, 0.25) is 0 Å². The van der Waals surface area contributed by atoms with Crippen LogP contribution >= 0.6 is 15.9 Å². The minimum atomic E-state index is 0.214. The van der Waals surface area contributed by atoms with E-state index in [4.69, 9.17) is 15.2 Å². The van der Waals surface area contributed by atoms with Crippen molar-refractivity contribution in [3.05, 3.63) is 22.2 Å². The van der Waals surface area contributed by atoms with Crippen molar-refractivity contribution in [3.8, 4) is 11.5 Å². The molecular formula is C14H22BrNO2. The maximum absolute atomic E-state index is 5.78. The summed E-state index contributed by atoms with van der Waals surface area (Å²) in [5, 5.41) is 0. The summed E-state index contributed by atoms with van der Waals surface area (Å²) >= 11 is 3.54. The Bertz CT molecular complexity index is 380. The van der Waals surface area contributed by atoms with Gasteiger partial charge in [-0.25, -0.2) is 0 Å². The van der Waals surface area contributed by atoms with Gasteiger partial charge in [0.1, 0.15) is 0 Å². The Kier molecular flexibility index (Phi) is 6.50. The van der Waals surface area contributed by atoms with Crippen molar-refractivity contribution in [2.45, 2.75) is 39.7 Å². The molecule has 1 atom stereocenters. The highest BCUT2D eigenvalue weighted by Crippen LogP contribution is 2.37. The van der Waals surface area contributed by atoms with E-state index in [1.807, 2.05) is 26.8 Å². The molecule has 0 aliphatic rings. The van der Waals surface area contributed by atoms with Gasteiger partial charge >= 0.3 is 0 Å². The van der Waals surface area contributed by atoms with Gasteiger partial charge in [0.2, 0.25) is 0 Å². The van der Waals surface area contributed by atoms with E-state index in [9.17, 15) is 0 Å². The number of aryl methyl sites for hydroxylation is 1. The van der Waals surface area contributed by atoms with Crippen molar-refractivity contribution < 1.29 is 9.47 Å². The van der Waals surface area contributed by atoms with Crippen molar-refractivity contribution in [2.75, 3.05) is 13.2 Å². The monoisotopic (exact) mass is 315 g/mol. The van der Waals surface area contributed by atoms with Crippen LogP contribution in [0.1, 0.15) is 32.8 Å². The van der Waals surface area contributed by atoms with Crippen molar-refractivity contribution in [1.29, 1.82) is 0 Å². The highest BCUT2D eigenvalue weighted by Gasteiger charge is 2.12. The van der Waals surface area contributed by atoms with Gasteiger partial charge in [-0.2, -0.15) is 0 Å². The third-order valence-electron chi connectivity index (χ3n) is 2.55. The second-order valence-electron chi connectivity index (χ2n) is 4.29. The standard InChI is InChI=1S/C14H22BrNO2/c1-4-17-13-9-11(7-6-10(3)16)8-12(15)14(13)18-5-2/h8-10H,4-7,16H2,1-3H3. The summed E-state index contributed by atoms with van der Waals surface area (Å²) in [5.74, 6) is 1.58. The molecule has 0 fully saturated rings. The Labute approximate surface area is 118 Å². The van der Waals surface area contributed by atoms with Gasteiger partial charge in [0.05, 0.1) is 17.7 Å². The maximum Gasteiger partial charge on any atom is 0.175 e. The van der Waals surface area contributed by atoms with Crippen LogP contribution in [0.4, 0.5) is 0 Å². The smallest absolute Gasteiger partial charge is 0.175 e. The molecular weight excluding hydrogens is 294 g/mol. The highest BCUT2D eigenvalue weighted by molar-refractivity contribution is 9.10. The zero-order valence-corrected chi connectivity index (χ0v) is 12.9. The van der Waals surface area contributed by atoms with Crippen molar-refractivity contribution in [2.24, 2.45) is 5.73 Å². The van der Waals surface area contributed by atoms with E-state index < -0.39 is 0 Å². The molecule has 0 saturated carbocycles. The molecule has 0 aliphatic heterocycles. The third-order valence-corrected chi connectivity index (χ3v) is 3.14. The fourth-order valence-corrected chi connectivity index (χ4v) is 2.31. The summed E-state index contributed by atoms with van der Waals surface area (Å²) < 4.78 is 12.2. The molecule has 0 aliphatic carbocycles. The lowest BCUT2D eigenvalue weighted by molar-refractivity contribution is 0.286. The summed E-state index contributed by atoms with van der Waals surface area (Å²) in [6.07, 6.45) is 1.91. The molecule has 0 amide bonds. The van der Waals surface area contributed by atoms with Crippen molar-refractivity contribution in [1.82, 2.24) is 0 Å². The SMILES string of the molecule is CCOc1cc(CCC(C)N)cc(Br)c1OCC. The first-order valence-corrected chi connectivity index (χ1v) is 7.21. The molecule has 0 spiro atoms. The molecule has 0 aromatic heterocycles. The highest BCUT2D eigenvalue weighted by atomic mass is 79.9. The summed E-state index contributed by atoms with van der Waals surface area (Å²) in [4.78, 5) is 0. The molecule has 18 heavy (non-hydrogen) atoms. The molecule has 4 heteroatoms. The fraction of sp³-hybridized carbons (Fsp3) is 0.571. The summed E-state index contributed by atoms with van der Waals surface area (Å²) in [7, 11) is 0. The van der Waals surface area contributed by atoms with E-state index >= 15 is 0 Å². The van der Waals surface area contributed by atoms with Gasteiger partial charge in [0.15, 0.2) is 11.5 Å². The van der Waals surface area contributed by atoms with Gasteiger partial charge in [-0.15, -0.1) is 0 Å². The molecule has 1 unspecified atom stereocenters. The summed E-state index contributed by atoms with van der Waals surface area (Å²) in [6, 6.07) is 4.34. The zero-order valence-electron chi connectivity index (χ0n) is 11.3. The van der Waals surface area contributed by atoms with Gasteiger partial charge < -0.3 is 15.2 Å². The lowest BCUT2D eigenvalue weighted by Gasteiger charge is -2.15. The van der Waals surface area contributed by atoms with Crippen LogP contribution < -0.4 is 15.2 Å². The zero-order chi connectivity index (χ0) is 13.5. The molecule has 0 bridgehead atoms. The van der Waals surface area contributed by atoms with Crippen LogP contribution in [0.3, 0.4) is 0 Å². The van der Waals surface area contributed by atoms with Gasteiger partial charge in [0, 0.05) is 6.04 Å². The quantitative estimate of drug-likeness (QED) is 0.837. The Morgan fingerprint density at radius 3 is 2.44 bits per heavy atom. The number of nitrogens with two attached hydrogens (primary N) is 1. The van der Waals surface area contributed by atoms with Crippen LogP contribution in [-0.4, -0.2) is 19.3 Å². The largest absolute Gasteiger partial charge is 0.490 e. The number of rotatable bonds is 7. The first-order chi connectivity index (χ1) is 8.58. The predicted molar refractivity (Wildman–Crippen MR) is 78.5 cm³/mol. The van der Waals surface area contributed by atoms with Crippen molar-refractivity contribution in [3.63, 3.8) is 0 Å². The molecule has 1 aromatic rings. The number of hydrogen-bond donors (Lipinski definition) is 1. The maximum atomic E-state index is 5.78. The van der Waals surface area contributed by atoms with Gasteiger partial charge in [0.25, 0.3) is 0 Å². The number of hydrogen-bond acceptors (Lipinski definition) is 3. The summed E-state index contributed by atoms with van der Waals surface area (Å²) in [6.45, 7) is 7.21. The molecule has 0 radical (unpaired) electrons. The minimum absolute atomic E-state index is 0.214. The average Bonchev–Trinajstić information content (AvgIpc) is 2.31. The van der Waals surface area contributed by atoms with E-state index in [1.54, 1.807) is 0 Å². The topological polar surface area (TPSA) is 44.5 Å². The Morgan fingerprint density at radius 1 is 1.22 bits per heavy atom. The van der Waals surface area contributed by atoms with E-state index in [1.165, 1.54) is 5.56 Å². The molecule has 3 nitrogen and oxygen atoms in total. The lowest BCUT2D eigenvalue weighted by Crippen LogP contribution is -2.15. The molecule has 1 rings (SSSR count). The van der Waals surface area contributed by atoms with Crippen molar-refractivity contribution >= 4 is 15.9 Å². The minimum Gasteiger partial charge on any atom is -0.490 e. The van der Waals surface area contributed by atoms with Crippen LogP contribution in [-0.2, 0) is 6.42 Å². The van der Waals surface area contributed by atoms with E-state index in [-0.39, 0.29) is 6.04 Å². The number of benzene rings is 1. The Balaban J connectivity index is 2.94. The van der Waals surface area contributed by atoms with E-state index in [0.29, 0.717) is 13.2 Å². The van der Waals surface area contributed by atoms with Crippen LogP contribution in [0.25, 0.3) is 0 Å². The molecule has 2 N–H and O–H groups in total. The second-order valence-corrected chi connectivity index (χ2v) is 5.14. The fourth-order valence-electron chi connectivity index (χ4n) is 1.71. The average molecular weight is 316 g/mol. The summed E-state index contributed by atoms with van der Waals surface area (Å²) in [5.41, 5.74) is 7.00. The first-order valence-electron chi connectivity index (χ1n) is 6.42. The molecule has 1 aromatic carbocycles. The number of halogens is 1. The second kappa shape index (κ2) is 7.64. The Morgan fingerprint density at radius 2 is 1.89 bits per heavy atom. The van der Waals surface area contributed by atoms with Crippen LogP contribution in [0, 0.1) is 0 Å². The first kappa shape index (κ1) is 15.3. The predicted octanol–water partition coefficient (Wildman–Crippen LogP) is 3.53. The Hall–Kier alpha value is -0.740. The molecule has 0 saturated heterocycles. The van der Waals surface area contributed by atoms with E-state index in [0.717, 1.165) is 28.8 Å². The van der Waals surface area contributed by atoms with Crippen LogP contribution in [0.15, 0.2) is 16.6 Å².